The molecule has 1 heterocycles. The molecule has 0 spiro atoms. The van der Waals surface area contributed by atoms with Gasteiger partial charge in [-0.2, -0.15) is 0 Å². The van der Waals surface area contributed by atoms with Crippen LogP contribution >= 0.6 is 0 Å². The second-order valence-electron chi connectivity index (χ2n) is 1.69. The van der Waals surface area contributed by atoms with Gasteiger partial charge in [0.25, 0.3) is 9.84 Å². The Balaban J connectivity index is 3.25. The molecule has 1 aliphatic heterocycles. The smallest absolute Gasteiger partial charge is 0.318 e. The van der Waals surface area contributed by atoms with E-state index in [-0.39, 0.29) is 4.91 Å². The molecule has 0 bridgehead atoms. The average molecular weight is 147 g/mol. The van der Waals surface area contributed by atoms with Crippen molar-refractivity contribution in [2.45, 2.75) is 6.92 Å². The summed E-state index contributed by atoms with van der Waals surface area (Å²) < 4.78 is 21.2. The Morgan fingerprint density at radius 2 is 2.11 bits per heavy atom. The molecule has 0 aromatic carbocycles. The normalized spacial score (nSPS) is 23.2. The zero-order chi connectivity index (χ0) is 7.07. The minimum absolute atomic E-state index is 0.0764. The summed E-state index contributed by atoms with van der Waals surface area (Å²) >= 11 is 0. The molecule has 0 aromatic heterocycles. The van der Waals surface area contributed by atoms with Crippen molar-refractivity contribution < 1.29 is 13.2 Å². The number of allylic oxidation sites excluding steroid dienone is 1. The maximum atomic E-state index is 10.6. The van der Waals surface area contributed by atoms with Gasteiger partial charge in [-0.1, -0.05) is 0 Å². The van der Waals surface area contributed by atoms with E-state index >= 15 is 0 Å². The van der Waals surface area contributed by atoms with Crippen molar-refractivity contribution in [1.29, 1.82) is 0 Å². The van der Waals surface area contributed by atoms with Gasteiger partial charge in [-0.3, -0.25) is 4.79 Å². The molecule has 1 rings (SSSR count). The van der Waals surface area contributed by atoms with Crippen LogP contribution in [-0.2, 0) is 9.84 Å². The molecule has 0 aromatic rings. The zero-order valence-corrected chi connectivity index (χ0v) is 5.53. The number of hydrogen-bond donors (Lipinski definition) is 1. The highest BCUT2D eigenvalue weighted by molar-refractivity contribution is 8.09. The van der Waals surface area contributed by atoms with Crippen molar-refractivity contribution in [1.82, 2.24) is 5.32 Å². The lowest BCUT2D eigenvalue weighted by atomic mass is 10.7. The molecule has 5 heteroatoms. The third-order valence-electron chi connectivity index (χ3n) is 1.06. The summed E-state index contributed by atoms with van der Waals surface area (Å²) in [5.41, 5.74) is 0. The summed E-state index contributed by atoms with van der Waals surface area (Å²) in [6.07, 6.45) is 1.18. The fourth-order valence-electron chi connectivity index (χ4n) is 0.462. The highest BCUT2D eigenvalue weighted by Crippen LogP contribution is 2.11. The maximum absolute atomic E-state index is 10.6. The molecule has 0 saturated carbocycles. The lowest BCUT2D eigenvalue weighted by molar-refractivity contribution is 0.262. The molecule has 0 unspecified atom stereocenters. The quantitative estimate of drug-likeness (QED) is 0.524. The monoisotopic (exact) mass is 147 g/mol. The second-order valence-corrected chi connectivity index (χ2v) is 3.71. The van der Waals surface area contributed by atoms with Crippen LogP contribution in [0.2, 0.25) is 0 Å². The van der Waals surface area contributed by atoms with Gasteiger partial charge in [0, 0.05) is 6.20 Å². The summed E-state index contributed by atoms with van der Waals surface area (Å²) in [4.78, 5) is 10.4. The number of sulfone groups is 1. The lowest BCUT2D eigenvalue weighted by Crippen LogP contribution is -2.17. The zero-order valence-electron chi connectivity index (χ0n) is 4.71. The van der Waals surface area contributed by atoms with Gasteiger partial charge >= 0.3 is 5.24 Å². The Bertz CT molecular complexity index is 274. The van der Waals surface area contributed by atoms with Gasteiger partial charge in [0.15, 0.2) is 0 Å². The fraction of sp³-hybridized carbons (Fsp3) is 0.250. The standard InChI is InChI=1S/C4H5NO3S/c1-3-2-5-4(6)9(3,7)8/h2H,1H3,(H,5,6). The Labute approximate surface area is 52.5 Å². The van der Waals surface area contributed by atoms with E-state index in [9.17, 15) is 13.2 Å². The molecule has 0 fully saturated rings. The van der Waals surface area contributed by atoms with Gasteiger partial charge in [-0.15, -0.1) is 0 Å². The molecule has 1 N–H and O–H groups in total. The van der Waals surface area contributed by atoms with Gasteiger partial charge in [-0.25, -0.2) is 8.42 Å². The van der Waals surface area contributed by atoms with Crippen molar-refractivity contribution in [3.05, 3.63) is 11.1 Å². The third-order valence-corrected chi connectivity index (χ3v) is 2.63. The van der Waals surface area contributed by atoms with Crippen molar-refractivity contribution in [3.63, 3.8) is 0 Å². The third kappa shape index (κ3) is 0.730. The first-order valence-corrected chi connectivity index (χ1v) is 3.76. The van der Waals surface area contributed by atoms with Crippen LogP contribution in [0.4, 0.5) is 4.79 Å². The van der Waals surface area contributed by atoms with Crippen molar-refractivity contribution in [2.24, 2.45) is 0 Å². The van der Waals surface area contributed by atoms with E-state index in [1.807, 2.05) is 0 Å². The van der Waals surface area contributed by atoms with E-state index in [1.165, 1.54) is 13.1 Å². The topological polar surface area (TPSA) is 63.2 Å². The molecule has 0 saturated heterocycles. The summed E-state index contributed by atoms with van der Waals surface area (Å²) in [6.45, 7) is 1.37. The van der Waals surface area contributed by atoms with Gasteiger partial charge in [0.05, 0.1) is 4.91 Å². The van der Waals surface area contributed by atoms with E-state index in [0.29, 0.717) is 0 Å². The molecule has 1 amide bonds. The Morgan fingerprint density at radius 3 is 2.22 bits per heavy atom. The lowest BCUT2D eigenvalue weighted by Gasteiger charge is -1.86. The van der Waals surface area contributed by atoms with Crippen LogP contribution in [-0.4, -0.2) is 13.7 Å². The van der Waals surface area contributed by atoms with Crippen molar-refractivity contribution in [3.8, 4) is 0 Å². The summed E-state index contributed by atoms with van der Waals surface area (Å²) in [5.74, 6) is 0. The Hall–Kier alpha value is -0.840. The predicted molar refractivity (Wildman–Crippen MR) is 31.2 cm³/mol. The number of carbonyl (C=O) groups is 1. The first-order chi connectivity index (χ1) is 4.05. The van der Waals surface area contributed by atoms with E-state index < -0.39 is 15.1 Å². The van der Waals surface area contributed by atoms with Crippen molar-refractivity contribution in [2.75, 3.05) is 0 Å². The van der Waals surface area contributed by atoms with Crippen LogP contribution in [0, 0.1) is 0 Å². The molecular weight excluding hydrogens is 142 g/mol. The summed E-state index contributed by atoms with van der Waals surface area (Å²) in [7, 11) is -3.59. The number of carbonyl (C=O) groups excluding carboxylic acids is 1. The maximum Gasteiger partial charge on any atom is 0.344 e. The number of rotatable bonds is 0. The van der Waals surface area contributed by atoms with Crippen LogP contribution < -0.4 is 5.32 Å². The van der Waals surface area contributed by atoms with Crippen LogP contribution in [0.1, 0.15) is 6.92 Å². The minimum atomic E-state index is -3.59. The number of amides is 1. The van der Waals surface area contributed by atoms with Crippen LogP contribution in [0.3, 0.4) is 0 Å². The van der Waals surface area contributed by atoms with Crippen LogP contribution in [0.5, 0.6) is 0 Å². The first-order valence-electron chi connectivity index (χ1n) is 2.27. The number of nitrogens with one attached hydrogen (secondary N) is 1. The predicted octanol–water partition coefficient (Wildman–Crippen LogP) is -0.0143. The summed E-state index contributed by atoms with van der Waals surface area (Å²) in [6, 6.07) is 0. The molecule has 1 aliphatic rings. The molecule has 0 aliphatic carbocycles. The highest BCUT2D eigenvalue weighted by atomic mass is 32.2. The molecule has 0 radical (unpaired) electrons. The first kappa shape index (κ1) is 6.28. The van der Waals surface area contributed by atoms with Crippen LogP contribution in [0.25, 0.3) is 0 Å². The SMILES string of the molecule is CC1=CNC(=O)S1(=O)=O. The molecular formula is C4H5NO3S. The van der Waals surface area contributed by atoms with Crippen molar-refractivity contribution >= 4 is 15.1 Å². The Morgan fingerprint density at radius 1 is 1.56 bits per heavy atom. The largest absolute Gasteiger partial charge is 0.344 e. The van der Waals surface area contributed by atoms with Gasteiger partial charge in [0.1, 0.15) is 0 Å². The van der Waals surface area contributed by atoms with E-state index in [0.717, 1.165) is 0 Å². The van der Waals surface area contributed by atoms with E-state index in [4.69, 9.17) is 0 Å². The van der Waals surface area contributed by atoms with Gasteiger partial charge in [0.2, 0.25) is 0 Å². The van der Waals surface area contributed by atoms with E-state index in [1.54, 1.807) is 0 Å². The second kappa shape index (κ2) is 1.57. The molecule has 9 heavy (non-hydrogen) atoms. The van der Waals surface area contributed by atoms with Crippen LogP contribution in [0.15, 0.2) is 11.1 Å². The fourth-order valence-corrected chi connectivity index (χ4v) is 1.18. The summed E-state index contributed by atoms with van der Waals surface area (Å²) in [5, 5.41) is 1.14. The average Bonchev–Trinajstić information content (AvgIpc) is 1.96. The molecule has 0 atom stereocenters. The number of hydrogen-bond acceptors (Lipinski definition) is 3. The van der Waals surface area contributed by atoms with Gasteiger partial charge in [-0.05, 0) is 6.92 Å². The van der Waals surface area contributed by atoms with E-state index in [2.05, 4.69) is 5.32 Å². The highest BCUT2D eigenvalue weighted by Gasteiger charge is 2.28. The minimum Gasteiger partial charge on any atom is -0.318 e. The Kier molecular flexibility index (Phi) is 1.10. The van der Waals surface area contributed by atoms with Gasteiger partial charge < -0.3 is 5.32 Å². The molecule has 4 nitrogen and oxygen atoms in total. The molecule has 50 valence electrons.